The molecular formula is C11H20ClN3O. The van der Waals surface area contributed by atoms with Crippen molar-refractivity contribution >= 4 is 12.4 Å². The van der Waals surface area contributed by atoms with Crippen LogP contribution in [0.15, 0.2) is 4.52 Å². The molecule has 1 aliphatic carbocycles. The summed E-state index contributed by atoms with van der Waals surface area (Å²) in [5, 5.41) is 4.01. The van der Waals surface area contributed by atoms with Gasteiger partial charge < -0.3 is 10.3 Å². The SMILES string of the molecule is CC(C)Cc1nc(C2(N)CCCC2)no1.Cl. The van der Waals surface area contributed by atoms with Gasteiger partial charge in [0.15, 0.2) is 5.82 Å². The number of rotatable bonds is 3. The van der Waals surface area contributed by atoms with Crippen LogP contribution in [0.25, 0.3) is 0 Å². The second kappa shape index (κ2) is 5.15. The molecule has 0 atom stereocenters. The zero-order valence-electron chi connectivity index (χ0n) is 9.90. The van der Waals surface area contributed by atoms with Crippen LogP contribution in [-0.2, 0) is 12.0 Å². The Balaban J connectivity index is 0.00000128. The molecule has 92 valence electrons. The van der Waals surface area contributed by atoms with E-state index < -0.39 is 0 Å². The maximum absolute atomic E-state index is 6.24. The maximum atomic E-state index is 6.24. The Hall–Kier alpha value is -0.610. The zero-order valence-corrected chi connectivity index (χ0v) is 10.7. The fourth-order valence-corrected chi connectivity index (χ4v) is 2.12. The van der Waals surface area contributed by atoms with Gasteiger partial charge in [0.05, 0.1) is 5.54 Å². The highest BCUT2D eigenvalue weighted by Crippen LogP contribution is 2.34. The standard InChI is InChI=1S/C11H19N3O.ClH/c1-8(2)7-9-13-10(14-15-9)11(12)5-3-4-6-11;/h8H,3-7,12H2,1-2H3;1H. The van der Waals surface area contributed by atoms with Crippen molar-refractivity contribution in [2.75, 3.05) is 0 Å². The van der Waals surface area contributed by atoms with Crippen molar-refractivity contribution in [1.29, 1.82) is 0 Å². The third kappa shape index (κ3) is 2.74. The molecule has 0 spiro atoms. The summed E-state index contributed by atoms with van der Waals surface area (Å²) < 4.78 is 5.21. The van der Waals surface area contributed by atoms with E-state index in [0.29, 0.717) is 11.7 Å². The van der Waals surface area contributed by atoms with Crippen LogP contribution in [0.4, 0.5) is 0 Å². The molecular weight excluding hydrogens is 226 g/mol. The van der Waals surface area contributed by atoms with Crippen LogP contribution in [0.3, 0.4) is 0 Å². The maximum Gasteiger partial charge on any atom is 0.226 e. The van der Waals surface area contributed by atoms with Crippen molar-refractivity contribution in [2.24, 2.45) is 11.7 Å². The van der Waals surface area contributed by atoms with Crippen LogP contribution < -0.4 is 5.73 Å². The van der Waals surface area contributed by atoms with Crippen molar-refractivity contribution in [2.45, 2.75) is 51.5 Å². The van der Waals surface area contributed by atoms with Crippen LogP contribution in [0.2, 0.25) is 0 Å². The predicted octanol–water partition coefficient (Wildman–Crippen LogP) is 2.42. The zero-order chi connectivity index (χ0) is 10.9. The molecule has 0 aromatic carbocycles. The molecule has 1 fully saturated rings. The molecule has 0 radical (unpaired) electrons. The van der Waals surface area contributed by atoms with Gasteiger partial charge in [-0.25, -0.2) is 0 Å². The molecule has 2 rings (SSSR count). The molecule has 1 aromatic rings. The van der Waals surface area contributed by atoms with Crippen molar-refractivity contribution in [3.63, 3.8) is 0 Å². The van der Waals surface area contributed by atoms with Gasteiger partial charge in [0.2, 0.25) is 5.89 Å². The van der Waals surface area contributed by atoms with E-state index in [4.69, 9.17) is 10.3 Å². The van der Waals surface area contributed by atoms with Gasteiger partial charge >= 0.3 is 0 Å². The van der Waals surface area contributed by atoms with Gasteiger partial charge in [-0.05, 0) is 18.8 Å². The molecule has 16 heavy (non-hydrogen) atoms. The van der Waals surface area contributed by atoms with E-state index in [1.165, 1.54) is 12.8 Å². The number of hydrogen-bond acceptors (Lipinski definition) is 4. The summed E-state index contributed by atoms with van der Waals surface area (Å²) in [4.78, 5) is 4.40. The topological polar surface area (TPSA) is 64.9 Å². The monoisotopic (exact) mass is 245 g/mol. The first-order valence-corrected chi connectivity index (χ1v) is 5.72. The molecule has 0 aliphatic heterocycles. The minimum absolute atomic E-state index is 0. The summed E-state index contributed by atoms with van der Waals surface area (Å²) in [7, 11) is 0. The molecule has 2 N–H and O–H groups in total. The molecule has 4 nitrogen and oxygen atoms in total. The molecule has 1 saturated carbocycles. The molecule has 1 aromatic heterocycles. The van der Waals surface area contributed by atoms with E-state index in [0.717, 1.165) is 25.2 Å². The van der Waals surface area contributed by atoms with Gasteiger partial charge in [-0.15, -0.1) is 12.4 Å². The average Bonchev–Trinajstić information content (AvgIpc) is 2.74. The fourth-order valence-electron chi connectivity index (χ4n) is 2.12. The molecule has 5 heteroatoms. The summed E-state index contributed by atoms with van der Waals surface area (Å²) in [6, 6.07) is 0. The highest BCUT2D eigenvalue weighted by Gasteiger charge is 2.35. The number of halogens is 1. The third-order valence-electron chi connectivity index (χ3n) is 2.99. The summed E-state index contributed by atoms with van der Waals surface area (Å²) in [5.74, 6) is 1.96. The smallest absolute Gasteiger partial charge is 0.226 e. The van der Waals surface area contributed by atoms with E-state index in [1.807, 2.05) is 0 Å². The fraction of sp³-hybridized carbons (Fsp3) is 0.818. The van der Waals surface area contributed by atoms with Gasteiger partial charge in [-0.3, -0.25) is 0 Å². The summed E-state index contributed by atoms with van der Waals surface area (Å²) in [5.41, 5.74) is 5.92. The van der Waals surface area contributed by atoms with Crippen molar-refractivity contribution < 1.29 is 4.52 Å². The predicted molar refractivity (Wildman–Crippen MR) is 64.4 cm³/mol. The quantitative estimate of drug-likeness (QED) is 0.888. The Morgan fingerprint density at radius 2 is 2.00 bits per heavy atom. The summed E-state index contributed by atoms with van der Waals surface area (Å²) in [6.07, 6.45) is 5.14. The minimum Gasteiger partial charge on any atom is -0.339 e. The number of aromatic nitrogens is 2. The highest BCUT2D eigenvalue weighted by molar-refractivity contribution is 5.85. The number of nitrogens with two attached hydrogens (primary N) is 1. The van der Waals surface area contributed by atoms with Gasteiger partial charge in [-0.2, -0.15) is 4.98 Å². The minimum atomic E-state index is -0.321. The first kappa shape index (κ1) is 13.5. The third-order valence-corrected chi connectivity index (χ3v) is 2.99. The molecule has 0 amide bonds. The summed E-state index contributed by atoms with van der Waals surface area (Å²) in [6.45, 7) is 4.27. The van der Waals surface area contributed by atoms with E-state index in [1.54, 1.807) is 0 Å². The lowest BCUT2D eigenvalue weighted by molar-refractivity contribution is 0.340. The van der Waals surface area contributed by atoms with E-state index in [9.17, 15) is 0 Å². The van der Waals surface area contributed by atoms with Crippen LogP contribution in [0, 0.1) is 5.92 Å². The van der Waals surface area contributed by atoms with Crippen molar-refractivity contribution in [1.82, 2.24) is 10.1 Å². The van der Waals surface area contributed by atoms with E-state index in [2.05, 4.69) is 24.0 Å². The van der Waals surface area contributed by atoms with Gasteiger partial charge in [0.1, 0.15) is 0 Å². The summed E-state index contributed by atoms with van der Waals surface area (Å²) >= 11 is 0. The van der Waals surface area contributed by atoms with E-state index >= 15 is 0 Å². The highest BCUT2D eigenvalue weighted by atomic mass is 35.5. The lowest BCUT2D eigenvalue weighted by Crippen LogP contribution is -2.34. The molecule has 0 unspecified atom stereocenters. The van der Waals surface area contributed by atoms with Crippen LogP contribution in [0.5, 0.6) is 0 Å². The molecule has 0 saturated heterocycles. The van der Waals surface area contributed by atoms with Gasteiger partial charge in [-0.1, -0.05) is 31.8 Å². The first-order valence-electron chi connectivity index (χ1n) is 5.72. The number of hydrogen-bond donors (Lipinski definition) is 1. The van der Waals surface area contributed by atoms with Crippen molar-refractivity contribution in [3.8, 4) is 0 Å². The first-order chi connectivity index (χ1) is 7.10. The van der Waals surface area contributed by atoms with Gasteiger partial charge in [0.25, 0.3) is 0 Å². The number of nitrogens with zero attached hydrogens (tertiary/aromatic N) is 2. The Kier molecular flexibility index (Phi) is 4.33. The molecule has 1 heterocycles. The molecule has 1 aliphatic rings. The second-order valence-electron chi connectivity index (χ2n) is 4.97. The Morgan fingerprint density at radius 3 is 2.56 bits per heavy atom. The largest absolute Gasteiger partial charge is 0.339 e. The molecule has 0 bridgehead atoms. The Labute approximate surface area is 102 Å². The Morgan fingerprint density at radius 1 is 1.38 bits per heavy atom. The van der Waals surface area contributed by atoms with Crippen LogP contribution >= 0.6 is 12.4 Å². The lowest BCUT2D eigenvalue weighted by Gasteiger charge is -2.17. The second-order valence-corrected chi connectivity index (χ2v) is 4.97. The average molecular weight is 246 g/mol. The van der Waals surface area contributed by atoms with E-state index in [-0.39, 0.29) is 17.9 Å². The van der Waals surface area contributed by atoms with Crippen LogP contribution in [-0.4, -0.2) is 10.1 Å². The van der Waals surface area contributed by atoms with Crippen LogP contribution in [0.1, 0.15) is 51.2 Å². The lowest BCUT2D eigenvalue weighted by atomic mass is 9.98. The van der Waals surface area contributed by atoms with Gasteiger partial charge in [0, 0.05) is 6.42 Å². The normalized spacial score (nSPS) is 18.8. The Bertz CT molecular complexity index is 332. The van der Waals surface area contributed by atoms with Crippen molar-refractivity contribution in [3.05, 3.63) is 11.7 Å².